The van der Waals surface area contributed by atoms with E-state index in [9.17, 15) is 19.2 Å². The van der Waals surface area contributed by atoms with Crippen molar-refractivity contribution < 1.29 is 47.8 Å². The highest BCUT2D eigenvalue weighted by molar-refractivity contribution is 5.73. The molecule has 0 aliphatic rings. The molecule has 0 radical (unpaired) electrons. The number of quaternary nitrogens is 2. The average Bonchev–Trinajstić information content (AvgIpc) is 2.50. The Bertz CT molecular complexity index is 606. The third-order valence-electron chi connectivity index (χ3n) is 3.81. The zero-order chi connectivity index (χ0) is 25.7. The molecular weight excluding hydrogens is 420 g/mol. The highest BCUT2D eigenvalue weighted by atomic mass is 16.5. The van der Waals surface area contributed by atoms with E-state index in [-0.39, 0.29) is 30.7 Å². The van der Waals surface area contributed by atoms with Crippen molar-refractivity contribution in [3.63, 3.8) is 0 Å². The molecule has 10 heteroatoms. The molecule has 0 fully saturated rings. The van der Waals surface area contributed by atoms with Gasteiger partial charge in [-0.3, -0.25) is 19.2 Å². The fourth-order valence-corrected chi connectivity index (χ4v) is 2.65. The van der Waals surface area contributed by atoms with E-state index in [1.165, 1.54) is 0 Å². The lowest BCUT2D eigenvalue weighted by atomic mass is 10.2. The molecule has 10 nitrogen and oxygen atoms in total. The molecule has 0 unspecified atom stereocenters. The first kappa shape index (κ1) is 32.0. The molecule has 32 heavy (non-hydrogen) atoms. The number of carboxylic acids is 2. The van der Waals surface area contributed by atoms with Gasteiger partial charge in [0.2, 0.25) is 0 Å². The van der Waals surface area contributed by atoms with Gasteiger partial charge in [0.15, 0.2) is 12.2 Å². The molecule has 0 bridgehead atoms. The van der Waals surface area contributed by atoms with E-state index in [1.807, 2.05) is 49.2 Å². The average molecular weight is 465 g/mol. The molecule has 0 aromatic heterocycles. The number of carboxylic acid groups (broad SMARTS) is 2. The number of nitrogens with zero attached hydrogens (tertiary/aromatic N) is 2. The van der Waals surface area contributed by atoms with Crippen molar-refractivity contribution in [1.29, 1.82) is 0 Å². The van der Waals surface area contributed by atoms with E-state index in [0.717, 1.165) is 0 Å². The van der Waals surface area contributed by atoms with Gasteiger partial charge in [-0.05, 0) is 6.42 Å². The fourth-order valence-electron chi connectivity index (χ4n) is 2.65. The van der Waals surface area contributed by atoms with Crippen LogP contribution in [0.25, 0.3) is 0 Å². The lowest BCUT2D eigenvalue weighted by molar-refractivity contribution is -0.873. The number of carbonyl (C=O) groups is 4. The second kappa shape index (κ2) is 14.8. The Hall–Kier alpha value is -2.20. The van der Waals surface area contributed by atoms with Crippen LogP contribution in [0.1, 0.15) is 46.5 Å². The van der Waals surface area contributed by atoms with Gasteiger partial charge in [-0.1, -0.05) is 20.8 Å². The van der Waals surface area contributed by atoms with Gasteiger partial charge in [-0.25, -0.2) is 0 Å². The van der Waals surface area contributed by atoms with Gasteiger partial charge in [0.1, 0.15) is 13.1 Å². The number of aliphatic carboxylic acids is 2. The molecule has 2 N–H and O–H groups in total. The number of hydrogen-bond donors (Lipinski definition) is 2. The van der Waals surface area contributed by atoms with Gasteiger partial charge in [-0.2, -0.15) is 0 Å². The second-order valence-corrected chi connectivity index (χ2v) is 10.2. The fraction of sp³-hybridized carbons (Fsp3) is 0.818. The summed E-state index contributed by atoms with van der Waals surface area (Å²) in [5.74, 6) is -2.79. The lowest BCUT2D eigenvalue weighted by Crippen LogP contribution is -2.44. The summed E-state index contributed by atoms with van der Waals surface area (Å²) in [7, 11) is 11.6. The van der Waals surface area contributed by atoms with E-state index in [2.05, 4.69) is 0 Å². The Balaban J connectivity index is 0. The molecule has 0 aliphatic heterocycles. The minimum absolute atomic E-state index is 0.134. The Morgan fingerprint density at radius 3 is 1.41 bits per heavy atom. The summed E-state index contributed by atoms with van der Waals surface area (Å²) in [5.41, 5.74) is 0. The molecule has 0 saturated carbocycles. The first-order chi connectivity index (χ1) is 14.4. The molecule has 0 heterocycles. The molecule has 0 amide bonds. The van der Waals surface area contributed by atoms with Gasteiger partial charge in [0.05, 0.1) is 61.0 Å². The van der Waals surface area contributed by atoms with Crippen LogP contribution in [0.3, 0.4) is 0 Å². The van der Waals surface area contributed by atoms with E-state index in [1.54, 1.807) is 13.8 Å². The molecular formula is C22H44N2O8+2. The van der Waals surface area contributed by atoms with Crippen LogP contribution in [0.4, 0.5) is 0 Å². The minimum Gasteiger partial charge on any atom is -0.481 e. The van der Waals surface area contributed by atoms with Crippen molar-refractivity contribution in [3.05, 3.63) is 0 Å². The Morgan fingerprint density at radius 1 is 0.750 bits per heavy atom. The molecule has 0 aromatic rings. The van der Waals surface area contributed by atoms with Crippen LogP contribution < -0.4 is 0 Å². The smallest absolute Gasteiger partial charge is 0.308 e. The van der Waals surface area contributed by atoms with E-state index >= 15 is 0 Å². The molecule has 0 saturated heterocycles. The summed E-state index contributed by atoms with van der Waals surface area (Å²) in [6.45, 7) is 6.33. The quantitative estimate of drug-likeness (QED) is 0.311. The lowest BCUT2D eigenvalue weighted by Gasteiger charge is -2.28. The van der Waals surface area contributed by atoms with E-state index < -0.39 is 24.1 Å². The maximum absolute atomic E-state index is 11.4. The van der Waals surface area contributed by atoms with Crippen molar-refractivity contribution in [1.82, 2.24) is 0 Å². The largest absolute Gasteiger partial charge is 0.481 e. The number of carbonyl (C=O) groups excluding carboxylic acids is 2. The van der Waals surface area contributed by atoms with Crippen LogP contribution >= 0.6 is 0 Å². The first-order valence-electron chi connectivity index (χ1n) is 10.8. The maximum atomic E-state index is 11.4. The maximum Gasteiger partial charge on any atom is 0.308 e. The highest BCUT2D eigenvalue weighted by Gasteiger charge is 2.26. The van der Waals surface area contributed by atoms with Crippen molar-refractivity contribution >= 4 is 23.9 Å². The number of rotatable bonds is 13. The third-order valence-corrected chi connectivity index (χ3v) is 3.81. The summed E-state index contributed by atoms with van der Waals surface area (Å²) < 4.78 is 11.4. The summed E-state index contributed by atoms with van der Waals surface area (Å²) >= 11 is 0. The monoisotopic (exact) mass is 464 g/mol. The summed E-state index contributed by atoms with van der Waals surface area (Å²) in [6.07, 6.45) is -0.334. The normalized spacial score (nSPS) is 13.4. The molecule has 0 aromatic carbocycles. The van der Waals surface area contributed by atoms with E-state index in [4.69, 9.17) is 19.7 Å². The zero-order valence-corrected chi connectivity index (χ0v) is 21.2. The van der Waals surface area contributed by atoms with Crippen LogP contribution in [0.2, 0.25) is 0 Å². The topological polar surface area (TPSA) is 127 Å². The number of esters is 2. The number of ether oxygens (including phenoxy) is 2. The molecule has 0 aliphatic carbocycles. The van der Waals surface area contributed by atoms with Crippen LogP contribution in [0, 0.1) is 5.92 Å². The summed E-state index contributed by atoms with van der Waals surface area (Å²) in [5, 5.41) is 17.5. The molecule has 0 spiro atoms. The van der Waals surface area contributed by atoms with Crippen molar-refractivity contribution in [2.24, 2.45) is 5.92 Å². The molecule has 2 atom stereocenters. The molecule has 0 rings (SSSR count). The second-order valence-electron chi connectivity index (χ2n) is 10.2. The predicted molar refractivity (Wildman–Crippen MR) is 120 cm³/mol. The van der Waals surface area contributed by atoms with Gasteiger partial charge in [0, 0.05) is 6.42 Å². The Kier molecular flexibility index (Phi) is 14.8. The van der Waals surface area contributed by atoms with Gasteiger partial charge in [0.25, 0.3) is 0 Å². The minimum atomic E-state index is -0.949. The van der Waals surface area contributed by atoms with Crippen LogP contribution in [0.15, 0.2) is 0 Å². The molecule has 188 valence electrons. The van der Waals surface area contributed by atoms with Crippen LogP contribution in [-0.2, 0) is 28.7 Å². The van der Waals surface area contributed by atoms with Crippen LogP contribution in [0.5, 0.6) is 0 Å². The highest BCUT2D eigenvalue weighted by Crippen LogP contribution is 2.09. The first-order valence-corrected chi connectivity index (χ1v) is 10.8. The Morgan fingerprint density at radius 2 is 1.12 bits per heavy atom. The van der Waals surface area contributed by atoms with Gasteiger partial charge >= 0.3 is 23.9 Å². The van der Waals surface area contributed by atoms with Crippen molar-refractivity contribution in [3.8, 4) is 0 Å². The predicted octanol–water partition coefficient (Wildman–Crippen LogP) is 1.61. The standard InChI is InChI=1S/2C11H21NO4/c1-8(2)11(15)16-9(6-10(13)14)7-12(3,4)5;1-5-6-11(15)16-9(7-10(13)14)8-12(2,3)4/h8-9H,6-7H2,1-5H3;9H,5-8H2,1-4H3/p+2/t2*9-/m11/s1. The third kappa shape index (κ3) is 21.0. The summed E-state index contributed by atoms with van der Waals surface area (Å²) in [4.78, 5) is 44.0. The number of likely N-dealkylation sites (N-methyl/N-ethyl adjacent to an activating group) is 2. The van der Waals surface area contributed by atoms with Gasteiger partial charge < -0.3 is 28.7 Å². The van der Waals surface area contributed by atoms with Crippen LogP contribution in [-0.4, -0.2) is 111 Å². The van der Waals surface area contributed by atoms with Gasteiger partial charge in [-0.15, -0.1) is 0 Å². The Labute approximate surface area is 192 Å². The van der Waals surface area contributed by atoms with Crippen molar-refractivity contribution in [2.75, 3.05) is 55.4 Å². The SMILES string of the molecule is CC(C)C(=O)O[C@H](CC(=O)O)C[N+](C)(C)C.CCCC(=O)O[C@H](CC(=O)O)C[N+](C)(C)C. The number of hydrogen-bond acceptors (Lipinski definition) is 6. The van der Waals surface area contributed by atoms with E-state index in [0.29, 0.717) is 34.9 Å². The van der Waals surface area contributed by atoms with Crippen molar-refractivity contribution in [2.45, 2.75) is 58.7 Å². The summed E-state index contributed by atoms with van der Waals surface area (Å²) in [6, 6.07) is 0. The zero-order valence-electron chi connectivity index (χ0n) is 21.2.